The van der Waals surface area contributed by atoms with Crippen molar-refractivity contribution in [2.45, 2.75) is 30.7 Å². The maximum absolute atomic E-state index is 12.8. The van der Waals surface area contributed by atoms with Gasteiger partial charge in [0.15, 0.2) is 11.5 Å². The highest BCUT2D eigenvalue weighted by Gasteiger charge is 2.32. The Morgan fingerprint density at radius 3 is 2.45 bits per heavy atom. The Hall–Kier alpha value is -2.79. The summed E-state index contributed by atoms with van der Waals surface area (Å²) in [5, 5.41) is 2.48. The lowest BCUT2D eigenvalue weighted by Crippen LogP contribution is -2.33. The van der Waals surface area contributed by atoms with Crippen LogP contribution >= 0.6 is 0 Å². The van der Waals surface area contributed by atoms with Crippen molar-refractivity contribution in [3.8, 4) is 11.5 Å². The monoisotopic (exact) mass is 430 g/mol. The third-order valence-electron chi connectivity index (χ3n) is 3.83. The smallest absolute Gasteiger partial charge is 0.416 e. The first-order chi connectivity index (χ1) is 13.4. The van der Waals surface area contributed by atoms with E-state index in [1.807, 2.05) is 4.72 Å². The van der Waals surface area contributed by atoms with E-state index in [0.717, 1.165) is 18.2 Å². The van der Waals surface area contributed by atoms with E-state index in [1.165, 1.54) is 6.07 Å². The van der Waals surface area contributed by atoms with E-state index >= 15 is 0 Å². The number of amides is 1. The van der Waals surface area contributed by atoms with Crippen molar-refractivity contribution in [3.05, 3.63) is 48.0 Å². The Kier molecular flexibility index (Phi) is 5.22. The standard InChI is InChI=1S/C18H17F3N2O5S/c1-17(2)27-14-7-6-12(9-15(14)28-17)23-16(24)10-22-29(25,26)13-5-3-4-11(8-13)18(19,20)21/h3-9,22H,10H2,1-2H3,(H,23,24). The van der Waals surface area contributed by atoms with E-state index in [-0.39, 0.29) is 0 Å². The molecule has 0 saturated carbocycles. The first kappa shape index (κ1) is 20.9. The topological polar surface area (TPSA) is 93.7 Å². The fourth-order valence-corrected chi connectivity index (χ4v) is 3.62. The van der Waals surface area contributed by atoms with Gasteiger partial charge in [-0.3, -0.25) is 4.79 Å². The quantitative estimate of drug-likeness (QED) is 0.760. The number of hydrogen-bond acceptors (Lipinski definition) is 5. The van der Waals surface area contributed by atoms with Crippen LogP contribution in [0, 0.1) is 0 Å². The number of anilines is 1. The third-order valence-corrected chi connectivity index (χ3v) is 5.23. The number of fused-ring (bicyclic) bond motifs is 1. The molecule has 0 aliphatic carbocycles. The number of carbonyl (C=O) groups excluding carboxylic acids is 1. The number of nitrogens with one attached hydrogen (secondary N) is 2. The molecule has 2 aromatic carbocycles. The second-order valence-corrected chi connectivity index (χ2v) is 8.43. The molecule has 2 N–H and O–H groups in total. The van der Waals surface area contributed by atoms with E-state index in [2.05, 4.69) is 5.32 Å². The van der Waals surface area contributed by atoms with Gasteiger partial charge in [-0.2, -0.15) is 13.2 Å². The molecule has 0 saturated heterocycles. The molecule has 156 valence electrons. The molecule has 0 fully saturated rings. The number of hydrogen-bond donors (Lipinski definition) is 2. The number of halogens is 3. The van der Waals surface area contributed by atoms with E-state index in [9.17, 15) is 26.4 Å². The van der Waals surface area contributed by atoms with Gasteiger partial charge in [0.1, 0.15) is 0 Å². The molecule has 1 amide bonds. The normalized spacial score (nSPS) is 15.2. The maximum atomic E-state index is 12.8. The largest absolute Gasteiger partial charge is 0.449 e. The van der Waals surface area contributed by atoms with Gasteiger partial charge in [0, 0.05) is 25.6 Å². The number of ether oxygens (including phenoxy) is 2. The Morgan fingerprint density at radius 2 is 1.76 bits per heavy atom. The minimum atomic E-state index is -4.68. The summed E-state index contributed by atoms with van der Waals surface area (Å²) in [6.07, 6.45) is -4.68. The molecule has 0 aromatic heterocycles. The molecular weight excluding hydrogens is 413 g/mol. The van der Waals surface area contributed by atoms with Crippen LogP contribution in [0.25, 0.3) is 0 Å². The average Bonchev–Trinajstić information content (AvgIpc) is 2.92. The summed E-state index contributed by atoms with van der Waals surface area (Å²) in [5.41, 5.74) is -0.763. The fourth-order valence-electron chi connectivity index (χ4n) is 2.59. The summed E-state index contributed by atoms with van der Waals surface area (Å²) in [5.74, 6) is -0.639. The van der Waals surface area contributed by atoms with Crippen molar-refractivity contribution in [2.75, 3.05) is 11.9 Å². The van der Waals surface area contributed by atoms with E-state index in [1.54, 1.807) is 26.0 Å². The summed E-state index contributed by atoms with van der Waals surface area (Å²) in [6, 6.07) is 7.89. The third kappa shape index (κ3) is 4.98. The molecule has 0 atom stereocenters. The second kappa shape index (κ2) is 7.23. The zero-order valence-corrected chi connectivity index (χ0v) is 16.1. The summed E-state index contributed by atoms with van der Waals surface area (Å²) >= 11 is 0. The van der Waals surface area contributed by atoms with E-state index in [4.69, 9.17) is 9.47 Å². The van der Waals surface area contributed by atoms with Gasteiger partial charge >= 0.3 is 6.18 Å². The van der Waals surface area contributed by atoms with Crippen LogP contribution in [0.2, 0.25) is 0 Å². The molecule has 3 rings (SSSR count). The second-order valence-electron chi connectivity index (χ2n) is 6.66. The lowest BCUT2D eigenvalue weighted by molar-refractivity contribution is -0.137. The van der Waals surface area contributed by atoms with Crippen LogP contribution < -0.4 is 19.5 Å². The van der Waals surface area contributed by atoms with Crippen LogP contribution in [0.4, 0.5) is 18.9 Å². The van der Waals surface area contributed by atoms with Gasteiger partial charge in [-0.05, 0) is 30.3 Å². The molecule has 7 nitrogen and oxygen atoms in total. The van der Waals surface area contributed by atoms with Gasteiger partial charge in [0.05, 0.1) is 17.0 Å². The minimum absolute atomic E-state index is 0.341. The van der Waals surface area contributed by atoms with Gasteiger partial charge in [-0.15, -0.1) is 0 Å². The van der Waals surface area contributed by atoms with Crippen LogP contribution in [0.15, 0.2) is 47.4 Å². The van der Waals surface area contributed by atoms with Crippen molar-refractivity contribution in [2.24, 2.45) is 0 Å². The molecule has 0 unspecified atom stereocenters. The first-order valence-corrected chi connectivity index (χ1v) is 9.83. The van der Waals surface area contributed by atoms with Gasteiger partial charge in [-0.1, -0.05) is 6.07 Å². The van der Waals surface area contributed by atoms with Crippen LogP contribution in [0.5, 0.6) is 11.5 Å². The SMILES string of the molecule is CC1(C)Oc2ccc(NC(=O)CNS(=O)(=O)c3cccc(C(F)(F)F)c3)cc2O1. The molecule has 0 radical (unpaired) electrons. The van der Waals surface area contributed by atoms with Gasteiger partial charge in [-0.25, -0.2) is 13.1 Å². The Bertz CT molecular complexity index is 1050. The number of carbonyl (C=O) groups is 1. The number of alkyl halides is 3. The van der Waals surface area contributed by atoms with Crippen LogP contribution in [-0.2, 0) is 21.0 Å². The predicted octanol–water partition coefficient (Wildman–Crippen LogP) is 3.13. The van der Waals surface area contributed by atoms with Crippen molar-refractivity contribution in [1.82, 2.24) is 4.72 Å². The number of rotatable bonds is 5. The molecule has 29 heavy (non-hydrogen) atoms. The summed E-state index contributed by atoms with van der Waals surface area (Å²) in [6.45, 7) is 2.76. The maximum Gasteiger partial charge on any atom is 0.416 e. The average molecular weight is 430 g/mol. The summed E-state index contributed by atoms with van der Waals surface area (Å²) in [7, 11) is -4.31. The predicted molar refractivity (Wildman–Crippen MR) is 97.0 cm³/mol. The molecule has 0 spiro atoms. The van der Waals surface area contributed by atoms with Crippen molar-refractivity contribution in [1.29, 1.82) is 0 Å². The van der Waals surface area contributed by atoms with Gasteiger partial charge in [0.2, 0.25) is 21.7 Å². The van der Waals surface area contributed by atoms with Crippen molar-refractivity contribution < 1.29 is 35.9 Å². The highest BCUT2D eigenvalue weighted by Crippen LogP contribution is 2.40. The van der Waals surface area contributed by atoms with E-state index < -0.39 is 44.9 Å². The number of benzene rings is 2. The van der Waals surface area contributed by atoms with Crippen molar-refractivity contribution >= 4 is 21.6 Å². The zero-order chi connectivity index (χ0) is 21.4. The summed E-state index contributed by atoms with van der Waals surface area (Å²) in [4.78, 5) is 11.5. The zero-order valence-electron chi connectivity index (χ0n) is 15.3. The molecular formula is C18H17F3N2O5S. The van der Waals surface area contributed by atoms with Crippen LogP contribution in [-0.4, -0.2) is 26.7 Å². The van der Waals surface area contributed by atoms with Gasteiger partial charge < -0.3 is 14.8 Å². The Morgan fingerprint density at radius 1 is 1.07 bits per heavy atom. The lowest BCUT2D eigenvalue weighted by atomic mass is 10.2. The molecule has 1 aliphatic rings. The minimum Gasteiger partial charge on any atom is -0.449 e. The molecule has 2 aromatic rings. The molecule has 1 aliphatic heterocycles. The van der Waals surface area contributed by atoms with Crippen LogP contribution in [0.1, 0.15) is 19.4 Å². The highest BCUT2D eigenvalue weighted by molar-refractivity contribution is 7.89. The highest BCUT2D eigenvalue weighted by atomic mass is 32.2. The number of sulfonamides is 1. The van der Waals surface area contributed by atoms with E-state index in [0.29, 0.717) is 23.3 Å². The Labute approximate surface area is 164 Å². The summed E-state index contributed by atoms with van der Waals surface area (Å²) < 4.78 is 75.7. The molecule has 0 bridgehead atoms. The molecule has 11 heteroatoms. The lowest BCUT2D eigenvalue weighted by Gasteiger charge is -2.16. The van der Waals surface area contributed by atoms with Gasteiger partial charge in [0.25, 0.3) is 0 Å². The Balaban J connectivity index is 1.64. The van der Waals surface area contributed by atoms with Crippen LogP contribution in [0.3, 0.4) is 0 Å². The fraction of sp³-hybridized carbons (Fsp3) is 0.278. The van der Waals surface area contributed by atoms with Crippen molar-refractivity contribution in [3.63, 3.8) is 0 Å². The molecule has 1 heterocycles. The first-order valence-electron chi connectivity index (χ1n) is 8.35.